The number of rotatable bonds is 11. The molecule has 0 heterocycles. The molecular formula is C23H30O5. The first kappa shape index (κ1) is 22.0. The summed E-state index contributed by atoms with van der Waals surface area (Å²) in [5.74, 6) is 1.39. The van der Waals surface area contributed by atoms with Gasteiger partial charge < -0.3 is 24.1 Å². The van der Waals surface area contributed by atoms with E-state index in [0.29, 0.717) is 29.4 Å². The summed E-state index contributed by atoms with van der Waals surface area (Å²) >= 11 is 0. The first-order chi connectivity index (χ1) is 13.5. The van der Waals surface area contributed by atoms with Crippen LogP contribution in [0, 0.1) is 5.92 Å². The Kier molecular flexibility index (Phi) is 9.01. The molecule has 0 spiro atoms. The molecule has 1 atom stereocenters. The third kappa shape index (κ3) is 6.68. The average Bonchev–Trinajstić information content (AvgIpc) is 2.69. The van der Waals surface area contributed by atoms with Crippen molar-refractivity contribution in [1.29, 1.82) is 0 Å². The molecule has 1 N–H and O–H groups in total. The molecule has 0 aliphatic rings. The summed E-state index contributed by atoms with van der Waals surface area (Å²) in [5.41, 5.74) is 2.59. The lowest BCUT2D eigenvalue weighted by molar-refractivity contribution is 0.0389. The Balaban J connectivity index is 2.44. The number of methoxy groups -OCH3 is 2. The van der Waals surface area contributed by atoms with E-state index in [9.17, 15) is 5.11 Å². The van der Waals surface area contributed by atoms with Crippen LogP contribution in [-0.2, 0) is 9.47 Å². The van der Waals surface area contributed by atoms with Gasteiger partial charge >= 0.3 is 0 Å². The van der Waals surface area contributed by atoms with E-state index >= 15 is 0 Å². The number of aliphatic hydroxyl groups is 1. The summed E-state index contributed by atoms with van der Waals surface area (Å²) in [5, 5.41) is 10.8. The molecule has 0 saturated heterocycles. The van der Waals surface area contributed by atoms with Crippen molar-refractivity contribution in [1.82, 2.24) is 0 Å². The SMILES string of the molecule is COCOc1cc(/C=C/c2ccccc2)cc(OCOC)c1C(O)CC(C)C. The van der Waals surface area contributed by atoms with Gasteiger partial charge in [0, 0.05) is 14.2 Å². The molecule has 0 amide bonds. The Morgan fingerprint density at radius 3 is 1.89 bits per heavy atom. The van der Waals surface area contributed by atoms with Gasteiger partial charge in [-0.25, -0.2) is 0 Å². The van der Waals surface area contributed by atoms with Crippen molar-refractivity contribution in [3.63, 3.8) is 0 Å². The minimum absolute atomic E-state index is 0.0803. The highest BCUT2D eigenvalue weighted by Crippen LogP contribution is 2.39. The lowest BCUT2D eigenvalue weighted by Gasteiger charge is -2.22. The summed E-state index contributed by atoms with van der Waals surface area (Å²) in [4.78, 5) is 0. The van der Waals surface area contributed by atoms with Crippen LogP contribution in [-0.4, -0.2) is 32.9 Å². The van der Waals surface area contributed by atoms with E-state index < -0.39 is 6.10 Å². The maximum Gasteiger partial charge on any atom is 0.188 e. The molecule has 1 unspecified atom stereocenters. The highest BCUT2D eigenvalue weighted by atomic mass is 16.7. The normalized spacial score (nSPS) is 12.5. The predicted molar refractivity (Wildman–Crippen MR) is 111 cm³/mol. The molecule has 2 rings (SSSR count). The van der Waals surface area contributed by atoms with Crippen LogP contribution in [0.25, 0.3) is 12.2 Å². The molecular weight excluding hydrogens is 356 g/mol. The highest BCUT2D eigenvalue weighted by molar-refractivity contribution is 5.72. The topological polar surface area (TPSA) is 57.2 Å². The van der Waals surface area contributed by atoms with E-state index in [4.69, 9.17) is 18.9 Å². The minimum atomic E-state index is -0.717. The Morgan fingerprint density at radius 2 is 1.39 bits per heavy atom. The number of ether oxygens (including phenoxy) is 4. The average molecular weight is 386 g/mol. The van der Waals surface area contributed by atoms with Crippen molar-refractivity contribution >= 4 is 12.2 Å². The third-order valence-electron chi connectivity index (χ3n) is 4.09. The van der Waals surface area contributed by atoms with Crippen LogP contribution in [0.3, 0.4) is 0 Å². The molecule has 0 radical (unpaired) electrons. The Labute approximate surface area is 167 Å². The molecule has 0 aliphatic heterocycles. The van der Waals surface area contributed by atoms with Crippen molar-refractivity contribution < 1.29 is 24.1 Å². The van der Waals surface area contributed by atoms with Crippen LogP contribution < -0.4 is 9.47 Å². The van der Waals surface area contributed by atoms with Crippen molar-refractivity contribution in [3.05, 3.63) is 59.2 Å². The maximum atomic E-state index is 10.8. The molecule has 5 heteroatoms. The lowest BCUT2D eigenvalue weighted by Crippen LogP contribution is -2.11. The predicted octanol–water partition coefficient (Wildman–Crippen LogP) is 4.90. The van der Waals surface area contributed by atoms with E-state index in [2.05, 4.69) is 13.8 Å². The number of aliphatic hydroxyl groups excluding tert-OH is 1. The van der Waals surface area contributed by atoms with Crippen molar-refractivity contribution in [2.45, 2.75) is 26.4 Å². The summed E-state index contributed by atoms with van der Waals surface area (Å²) in [7, 11) is 3.12. The molecule has 0 bridgehead atoms. The van der Waals surface area contributed by atoms with E-state index in [1.165, 1.54) is 0 Å². The van der Waals surface area contributed by atoms with Gasteiger partial charge in [0.1, 0.15) is 11.5 Å². The van der Waals surface area contributed by atoms with Gasteiger partial charge in [-0.05, 0) is 35.6 Å². The Hall–Kier alpha value is -2.34. The molecule has 0 aliphatic carbocycles. The first-order valence-corrected chi connectivity index (χ1v) is 9.37. The molecule has 2 aromatic rings. The van der Waals surface area contributed by atoms with Gasteiger partial charge in [-0.15, -0.1) is 0 Å². The second-order valence-electron chi connectivity index (χ2n) is 6.92. The Morgan fingerprint density at radius 1 is 0.857 bits per heavy atom. The van der Waals surface area contributed by atoms with Crippen LogP contribution >= 0.6 is 0 Å². The molecule has 2 aromatic carbocycles. The fraction of sp³-hybridized carbons (Fsp3) is 0.391. The van der Waals surface area contributed by atoms with Crippen LogP contribution in [0.4, 0.5) is 0 Å². The molecule has 28 heavy (non-hydrogen) atoms. The van der Waals surface area contributed by atoms with Gasteiger partial charge in [0.15, 0.2) is 13.6 Å². The largest absolute Gasteiger partial charge is 0.467 e. The van der Waals surface area contributed by atoms with Crippen molar-refractivity contribution in [2.24, 2.45) is 5.92 Å². The highest BCUT2D eigenvalue weighted by Gasteiger charge is 2.22. The van der Waals surface area contributed by atoms with Gasteiger partial charge in [0.05, 0.1) is 11.7 Å². The van der Waals surface area contributed by atoms with Gasteiger partial charge in [-0.2, -0.15) is 0 Å². The summed E-state index contributed by atoms with van der Waals surface area (Å²) < 4.78 is 21.7. The zero-order valence-electron chi connectivity index (χ0n) is 17.1. The second kappa shape index (κ2) is 11.5. The van der Waals surface area contributed by atoms with E-state index in [-0.39, 0.29) is 13.6 Å². The third-order valence-corrected chi connectivity index (χ3v) is 4.09. The maximum absolute atomic E-state index is 10.8. The van der Waals surface area contributed by atoms with Crippen molar-refractivity contribution in [3.8, 4) is 11.5 Å². The number of benzene rings is 2. The monoisotopic (exact) mass is 386 g/mol. The second-order valence-corrected chi connectivity index (χ2v) is 6.92. The Bertz CT molecular complexity index is 711. The summed E-state index contributed by atoms with van der Waals surface area (Å²) in [6, 6.07) is 13.8. The fourth-order valence-corrected chi connectivity index (χ4v) is 2.85. The lowest BCUT2D eigenvalue weighted by atomic mass is 9.96. The summed E-state index contributed by atoms with van der Waals surface area (Å²) in [6.45, 7) is 4.28. The minimum Gasteiger partial charge on any atom is -0.467 e. The van der Waals surface area contributed by atoms with Gasteiger partial charge in [0.25, 0.3) is 0 Å². The van der Waals surface area contributed by atoms with Crippen LogP contribution in [0.2, 0.25) is 0 Å². The zero-order valence-corrected chi connectivity index (χ0v) is 17.1. The smallest absolute Gasteiger partial charge is 0.188 e. The standard InChI is InChI=1S/C23H30O5/c1-17(2)12-20(24)23-21(27-15-25-3)13-19(14-22(23)28-16-26-4)11-10-18-8-6-5-7-9-18/h5-11,13-14,17,20,24H,12,15-16H2,1-4H3/b11-10+. The van der Waals surface area contributed by atoms with Crippen LogP contribution in [0.15, 0.2) is 42.5 Å². The van der Waals surface area contributed by atoms with Gasteiger partial charge in [-0.1, -0.05) is 56.3 Å². The van der Waals surface area contributed by atoms with E-state index in [0.717, 1.165) is 11.1 Å². The van der Waals surface area contributed by atoms with Crippen LogP contribution in [0.5, 0.6) is 11.5 Å². The molecule has 0 aromatic heterocycles. The van der Waals surface area contributed by atoms with Crippen LogP contribution in [0.1, 0.15) is 43.1 Å². The zero-order chi connectivity index (χ0) is 20.4. The van der Waals surface area contributed by atoms with Gasteiger partial charge in [0.2, 0.25) is 0 Å². The molecule has 0 saturated carbocycles. The summed E-state index contributed by atoms with van der Waals surface area (Å²) in [6.07, 6.45) is 3.87. The number of hydrogen-bond acceptors (Lipinski definition) is 5. The van der Waals surface area contributed by atoms with Crippen molar-refractivity contribution in [2.75, 3.05) is 27.8 Å². The quantitative estimate of drug-likeness (QED) is 0.440. The fourth-order valence-electron chi connectivity index (χ4n) is 2.85. The molecule has 152 valence electrons. The molecule has 0 fully saturated rings. The first-order valence-electron chi connectivity index (χ1n) is 9.37. The number of hydrogen-bond donors (Lipinski definition) is 1. The van der Waals surface area contributed by atoms with Gasteiger partial charge in [-0.3, -0.25) is 0 Å². The molecule has 5 nitrogen and oxygen atoms in total. The van der Waals surface area contributed by atoms with E-state index in [1.807, 2.05) is 54.6 Å². The van der Waals surface area contributed by atoms with E-state index in [1.54, 1.807) is 14.2 Å².